The van der Waals surface area contributed by atoms with Crippen molar-refractivity contribution in [2.45, 2.75) is 25.6 Å². The lowest BCUT2D eigenvalue weighted by Crippen LogP contribution is -2.44. The molecule has 2 aromatic heterocycles. The standard InChI is InChI=1S/C21H25FN8.HI/c1-23-21(28-18-7-9-29(13-18)20-19(22)6-3-8-25-20)26-11-16-4-2-5-17(10-16)12-30-15-24-14-27-30;/h2-6,8,10,14-15,18H,7,9,11-13H2,1H3,(H2,23,26,28);1H. The maximum absolute atomic E-state index is 14.0. The van der Waals surface area contributed by atoms with Crippen molar-refractivity contribution in [3.05, 3.63) is 72.2 Å². The molecule has 0 radical (unpaired) electrons. The highest BCUT2D eigenvalue weighted by atomic mass is 127. The van der Waals surface area contributed by atoms with Crippen LogP contribution in [0, 0.1) is 5.82 Å². The van der Waals surface area contributed by atoms with Crippen LogP contribution in [0.3, 0.4) is 0 Å². The van der Waals surface area contributed by atoms with Crippen LogP contribution in [-0.2, 0) is 13.1 Å². The van der Waals surface area contributed by atoms with Gasteiger partial charge in [0.2, 0.25) is 0 Å². The number of halogens is 2. The largest absolute Gasteiger partial charge is 0.352 e. The molecular formula is C21H26FIN8. The monoisotopic (exact) mass is 536 g/mol. The Morgan fingerprint density at radius 3 is 2.90 bits per heavy atom. The number of nitrogens with one attached hydrogen (secondary N) is 2. The minimum absolute atomic E-state index is 0. The Morgan fingerprint density at radius 2 is 2.13 bits per heavy atom. The molecular weight excluding hydrogens is 510 g/mol. The molecule has 1 fully saturated rings. The number of aliphatic imine (C=N–C) groups is 1. The summed E-state index contributed by atoms with van der Waals surface area (Å²) in [4.78, 5) is 14.4. The average molecular weight is 536 g/mol. The third-order valence-electron chi connectivity index (χ3n) is 5.05. The zero-order valence-electron chi connectivity index (χ0n) is 17.3. The van der Waals surface area contributed by atoms with Gasteiger partial charge in [-0.05, 0) is 29.7 Å². The van der Waals surface area contributed by atoms with Crippen molar-refractivity contribution in [2.24, 2.45) is 4.99 Å². The first-order valence-electron chi connectivity index (χ1n) is 9.94. The topological polar surface area (TPSA) is 83.3 Å². The van der Waals surface area contributed by atoms with Crippen LogP contribution in [0.1, 0.15) is 17.5 Å². The molecule has 0 saturated carbocycles. The number of nitrogens with zero attached hydrogens (tertiary/aromatic N) is 6. The molecule has 3 aromatic rings. The summed E-state index contributed by atoms with van der Waals surface area (Å²) in [5, 5.41) is 10.9. The Bertz CT molecular complexity index is 995. The summed E-state index contributed by atoms with van der Waals surface area (Å²) in [6, 6.07) is 11.6. The number of rotatable bonds is 6. The Labute approximate surface area is 198 Å². The zero-order chi connectivity index (χ0) is 20.8. The summed E-state index contributed by atoms with van der Waals surface area (Å²) in [5.74, 6) is 0.852. The van der Waals surface area contributed by atoms with Gasteiger partial charge in [0.1, 0.15) is 12.7 Å². The molecule has 2 N–H and O–H groups in total. The summed E-state index contributed by atoms with van der Waals surface area (Å²) in [5.41, 5.74) is 2.31. The molecule has 0 bridgehead atoms. The van der Waals surface area contributed by atoms with Gasteiger partial charge in [-0.3, -0.25) is 4.99 Å². The first kappa shape index (κ1) is 22.9. The normalized spacial score (nSPS) is 16.1. The molecule has 1 aromatic carbocycles. The van der Waals surface area contributed by atoms with Crippen molar-refractivity contribution in [1.82, 2.24) is 30.4 Å². The number of benzene rings is 1. The van der Waals surface area contributed by atoms with E-state index in [2.05, 4.69) is 48.9 Å². The molecule has 1 aliphatic rings. The van der Waals surface area contributed by atoms with E-state index in [4.69, 9.17) is 0 Å². The number of hydrogen-bond donors (Lipinski definition) is 2. The summed E-state index contributed by atoms with van der Waals surface area (Å²) in [7, 11) is 1.75. The molecule has 31 heavy (non-hydrogen) atoms. The predicted octanol–water partition coefficient (Wildman–Crippen LogP) is 2.42. The third kappa shape index (κ3) is 6.12. The van der Waals surface area contributed by atoms with Gasteiger partial charge in [-0.25, -0.2) is 19.0 Å². The van der Waals surface area contributed by atoms with E-state index in [1.807, 2.05) is 11.0 Å². The smallest absolute Gasteiger partial charge is 0.191 e. The lowest BCUT2D eigenvalue weighted by molar-refractivity contribution is 0.612. The van der Waals surface area contributed by atoms with E-state index < -0.39 is 0 Å². The van der Waals surface area contributed by atoms with Gasteiger partial charge in [-0.2, -0.15) is 5.10 Å². The molecule has 0 spiro atoms. The van der Waals surface area contributed by atoms with Gasteiger partial charge in [0.15, 0.2) is 17.6 Å². The van der Waals surface area contributed by atoms with Gasteiger partial charge in [-0.15, -0.1) is 24.0 Å². The minimum Gasteiger partial charge on any atom is -0.352 e. The molecule has 164 valence electrons. The van der Waals surface area contributed by atoms with Gasteiger partial charge in [0.25, 0.3) is 0 Å². The first-order chi connectivity index (χ1) is 14.7. The molecule has 10 heteroatoms. The molecule has 1 unspecified atom stereocenters. The molecule has 0 aliphatic carbocycles. The van der Waals surface area contributed by atoms with Crippen molar-refractivity contribution >= 4 is 35.8 Å². The molecule has 0 amide bonds. The van der Waals surface area contributed by atoms with Gasteiger partial charge in [0.05, 0.1) is 6.54 Å². The summed E-state index contributed by atoms with van der Waals surface area (Å²) < 4.78 is 15.8. The summed E-state index contributed by atoms with van der Waals surface area (Å²) in [6.07, 6.45) is 5.76. The summed E-state index contributed by atoms with van der Waals surface area (Å²) >= 11 is 0. The van der Waals surface area contributed by atoms with Crippen LogP contribution in [0.15, 0.2) is 60.2 Å². The van der Waals surface area contributed by atoms with Gasteiger partial charge < -0.3 is 15.5 Å². The Balaban J connectivity index is 0.00000272. The van der Waals surface area contributed by atoms with Gasteiger partial charge in [-0.1, -0.05) is 24.3 Å². The molecule has 1 saturated heterocycles. The second-order valence-corrected chi connectivity index (χ2v) is 7.22. The van der Waals surface area contributed by atoms with Crippen molar-refractivity contribution in [3.63, 3.8) is 0 Å². The van der Waals surface area contributed by atoms with Crippen LogP contribution in [0.4, 0.5) is 10.2 Å². The average Bonchev–Trinajstić information content (AvgIpc) is 3.44. The van der Waals surface area contributed by atoms with Gasteiger partial charge >= 0.3 is 0 Å². The lowest BCUT2D eigenvalue weighted by Gasteiger charge is -2.20. The first-order valence-corrected chi connectivity index (χ1v) is 9.94. The maximum Gasteiger partial charge on any atom is 0.191 e. The fourth-order valence-corrected chi connectivity index (χ4v) is 3.59. The van der Waals surface area contributed by atoms with E-state index in [0.29, 0.717) is 25.5 Å². The highest BCUT2D eigenvalue weighted by molar-refractivity contribution is 14.0. The lowest BCUT2D eigenvalue weighted by atomic mass is 10.1. The quantitative estimate of drug-likeness (QED) is 0.286. The van der Waals surface area contributed by atoms with Crippen LogP contribution >= 0.6 is 24.0 Å². The number of pyridine rings is 1. The minimum atomic E-state index is -0.286. The molecule has 3 heterocycles. The number of aromatic nitrogens is 4. The summed E-state index contributed by atoms with van der Waals surface area (Å²) in [6.45, 7) is 2.77. The SMILES string of the molecule is CN=C(NCc1cccc(Cn2cncn2)c1)NC1CCN(c2ncccc2F)C1.I. The zero-order valence-corrected chi connectivity index (χ0v) is 19.6. The van der Waals surface area contributed by atoms with E-state index in [0.717, 1.165) is 30.1 Å². The number of guanidine groups is 1. The second kappa shape index (κ2) is 11.0. The van der Waals surface area contributed by atoms with Crippen molar-refractivity contribution in [3.8, 4) is 0 Å². The fourth-order valence-electron chi connectivity index (χ4n) is 3.59. The predicted molar refractivity (Wildman–Crippen MR) is 129 cm³/mol. The number of hydrogen-bond acceptors (Lipinski definition) is 5. The Morgan fingerprint density at radius 1 is 1.26 bits per heavy atom. The molecule has 4 rings (SSSR count). The fraction of sp³-hybridized carbons (Fsp3) is 0.333. The highest BCUT2D eigenvalue weighted by Crippen LogP contribution is 2.20. The van der Waals surface area contributed by atoms with Crippen molar-refractivity contribution < 1.29 is 4.39 Å². The van der Waals surface area contributed by atoms with E-state index >= 15 is 0 Å². The molecule has 8 nitrogen and oxygen atoms in total. The molecule has 1 aliphatic heterocycles. The van der Waals surface area contributed by atoms with Crippen molar-refractivity contribution in [2.75, 3.05) is 25.0 Å². The van der Waals surface area contributed by atoms with Crippen LogP contribution in [0.5, 0.6) is 0 Å². The van der Waals surface area contributed by atoms with E-state index in [9.17, 15) is 4.39 Å². The highest BCUT2D eigenvalue weighted by Gasteiger charge is 2.25. The number of anilines is 1. The van der Waals surface area contributed by atoms with E-state index in [-0.39, 0.29) is 35.8 Å². The van der Waals surface area contributed by atoms with Crippen molar-refractivity contribution in [1.29, 1.82) is 0 Å². The van der Waals surface area contributed by atoms with Crippen LogP contribution in [0.2, 0.25) is 0 Å². The van der Waals surface area contributed by atoms with Crippen LogP contribution < -0.4 is 15.5 Å². The van der Waals surface area contributed by atoms with Gasteiger partial charge in [0, 0.05) is 38.9 Å². The van der Waals surface area contributed by atoms with E-state index in [1.165, 1.54) is 12.4 Å². The molecule has 1 atom stereocenters. The van der Waals surface area contributed by atoms with Crippen LogP contribution in [-0.4, -0.2) is 51.9 Å². The Hall–Kier alpha value is -2.76. The second-order valence-electron chi connectivity index (χ2n) is 7.22. The van der Waals surface area contributed by atoms with Crippen LogP contribution in [0.25, 0.3) is 0 Å². The van der Waals surface area contributed by atoms with E-state index in [1.54, 1.807) is 30.3 Å². The third-order valence-corrected chi connectivity index (χ3v) is 5.05. The maximum atomic E-state index is 14.0. The Kier molecular flexibility index (Phi) is 8.15.